The summed E-state index contributed by atoms with van der Waals surface area (Å²) in [6.07, 6.45) is 5.05. The summed E-state index contributed by atoms with van der Waals surface area (Å²) in [5.74, 6) is 0.548. The van der Waals surface area contributed by atoms with Crippen LogP contribution in [0.2, 0.25) is 0 Å². The number of rotatable bonds is 6. The van der Waals surface area contributed by atoms with Gasteiger partial charge in [0.2, 0.25) is 0 Å². The number of hydrogen-bond acceptors (Lipinski definition) is 5. The minimum absolute atomic E-state index is 0.179. The Morgan fingerprint density at radius 3 is 2.35 bits per heavy atom. The minimum atomic E-state index is -0.179. The van der Waals surface area contributed by atoms with E-state index in [0.717, 1.165) is 28.3 Å². The van der Waals surface area contributed by atoms with Gasteiger partial charge in [0.1, 0.15) is 5.82 Å². The van der Waals surface area contributed by atoms with Crippen LogP contribution in [0, 0.1) is 0 Å². The minimum Gasteiger partial charge on any atom is -0.378 e. The summed E-state index contributed by atoms with van der Waals surface area (Å²) >= 11 is 0. The van der Waals surface area contributed by atoms with Gasteiger partial charge in [-0.3, -0.25) is 9.78 Å². The maximum atomic E-state index is 12.3. The number of aromatic nitrogens is 2. The van der Waals surface area contributed by atoms with Gasteiger partial charge in [0.05, 0.1) is 0 Å². The first-order chi connectivity index (χ1) is 15.1. The van der Waals surface area contributed by atoms with Gasteiger partial charge >= 0.3 is 0 Å². The van der Waals surface area contributed by atoms with Gasteiger partial charge in [-0.25, -0.2) is 4.98 Å². The highest BCUT2D eigenvalue weighted by molar-refractivity contribution is 6.04. The topological polar surface area (TPSA) is 70.2 Å². The van der Waals surface area contributed by atoms with Gasteiger partial charge in [-0.05, 0) is 60.2 Å². The van der Waals surface area contributed by atoms with Gasteiger partial charge in [-0.2, -0.15) is 0 Å². The lowest BCUT2D eigenvalue weighted by Gasteiger charge is -2.14. The number of anilines is 4. The van der Waals surface area contributed by atoms with Crippen molar-refractivity contribution in [2.75, 3.05) is 29.6 Å². The van der Waals surface area contributed by atoms with E-state index < -0.39 is 0 Å². The standard InChI is InChI=1S/C25H23N5O/c1-30(2)23-8-3-5-19(15-23)20-9-10-24(27-17-20)28-21-6-4-7-22(16-21)29-25(31)18-11-13-26-14-12-18/h3-17H,1-2H3,(H,27,28)(H,29,31). The van der Waals surface area contributed by atoms with Gasteiger partial charge in [-0.15, -0.1) is 0 Å². The summed E-state index contributed by atoms with van der Waals surface area (Å²) in [7, 11) is 4.05. The normalized spacial score (nSPS) is 10.4. The van der Waals surface area contributed by atoms with E-state index in [9.17, 15) is 4.79 Å². The number of pyridine rings is 2. The van der Waals surface area contributed by atoms with Crippen molar-refractivity contribution in [2.45, 2.75) is 0 Å². The van der Waals surface area contributed by atoms with Gasteiger partial charge in [0, 0.05) is 60.9 Å². The first-order valence-corrected chi connectivity index (χ1v) is 9.91. The Bertz CT molecular complexity index is 1170. The molecule has 31 heavy (non-hydrogen) atoms. The zero-order valence-electron chi connectivity index (χ0n) is 17.4. The molecule has 0 atom stereocenters. The molecule has 0 bridgehead atoms. The number of benzene rings is 2. The highest BCUT2D eigenvalue weighted by atomic mass is 16.1. The van der Waals surface area contributed by atoms with Crippen LogP contribution in [0.5, 0.6) is 0 Å². The third-order valence-electron chi connectivity index (χ3n) is 4.79. The monoisotopic (exact) mass is 409 g/mol. The quantitative estimate of drug-likeness (QED) is 0.458. The van der Waals surface area contributed by atoms with Crippen molar-refractivity contribution in [3.05, 3.63) is 97.0 Å². The molecule has 6 nitrogen and oxygen atoms in total. The highest BCUT2D eigenvalue weighted by Gasteiger charge is 2.07. The number of carbonyl (C=O) groups is 1. The molecule has 154 valence electrons. The van der Waals surface area contributed by atoms with Crippen LogP contribution in [0.1, 0.15) is 10.4 Å². The van der Waals surface area contributed by atoms with Crippen LogP contribution in [-0.2, 0) is 0 Å². The van der Waals surface area contributed by atoms with Gasteiger partial charge in [-0.1, -0.05) is 18.2 Å². The van der Waals surface area contributed by atoms with Crippen LogP contribution >= 0.6 is 0 Å². The van der Waals surface area contributed by atoms with Crippen LogP contribution in [-0.4, -0.2) is 30.0 Å². The third-order valence-corrected chi connectivity index (χ3v) is 4.79. The summed E-state index contributed by atoms with van der Waals surface area (Å²) in [6, 6.07) is 23.2. The molecule has 0 saturated heterocycles. The Morgan fingerprint density at radius 1 is 0.839 bits per heavy atom. The van der Waals surface area contributed by atoms with Crippen LogP contribution in [0.3, 0.4) is 0 Å². The molecule has 0 aliphatic heterocycles. The maximum Gasteiger partial charge on any atom is 0.255 e. The SMILES string of the molecule is CN(C)c1cccc(-c2ccc(Nc3cccc(NC(=O)c4ccncc4)c3)nc2)c1. The Labute approximate surface area is 181 Å². The van der Waals surface area contributed by atoms with Crippen molar-refractivity contribution in [2.24, 2.45) is 0 Å². The lowest BCUT2D eigenvalue weighted by molar-refractivity contribution is 0.102. The van der Waals surface area contributed by atoms with Crippen molar-refractivity contribution < 1.29 is 4.79 Å². The Hall–Kier alpha value is -4.19. The summed E-state index contributed by atoms with van der Waals surface area (Å²) in [5.41, 5.74) is 5.40. The Kier molecular flexibility index (Phi) is 5.89. The van der Waals surface area contributed by atoms with Crippen LogP contribution < -0.4 is 15.5 Å². The molecule has 0 saturated carbocycles. The van der Waals surface area contributed by atoms with E-state index in [0.29, 0.717) is 11.3 Å². The average molecular weight is 409 g/mol. The molecule has 4 aromatic rings. The number of hydrogen-bond donors (Lipinski definition) is 2. The van der Waals surface area contributed by atoms with Crippen LogP contribution in [0.25, 0.3) is 11.1 Å². The molecule has 2 aromatic carbocycles. The number of carbonyl (C=O) groups excluding carboxylic acids is 1. The van der Waals surface area contributed by atoms with E-state index in [1.165, 1.54) is 0 Å². The maximum absolute atomic E-state index is 12.3. The zero-order chi connectivity index (χ0) is 21.6. The lowest BCUT2D eigenvalue weighted by Crippen LogP contribution is -2.11. The van der Waals surface area contributed by atoms with E-state index in [-0.39, 0.29) is 5.91 Å². The van der Waals surface area contributed by atoms with E-state index in [2.05, 4.69) is 43.7 Å². The van der Waals surface area contributed by atoms with E-state index in [1.54, 1.807) is 24.5 Å². The second kappa shape index (κ2) is 9.09. The summed E-state index contributed by atoms with van der Waals surface area (Å²) < 4.78 is 0. The summed E-state index contributed by atoms with van der Waals surface area (Å²) in [6.45, 7) is 0. The molecule has 1 amide bonds. The second-order valence-corrected chi connectivity index (χ2v) is 7.27. The molecule has 2 heterocycles. The molecular formula is C25H23N5O. The number of nitrogens with zero attached hydrogens (tertiary/aromatic N) is 3. The smallest absolute Gasteiger partial charge is 0.255 e. The van der Waals surface area contributed by atoms with Gasteiger partial charge in [0.25, 0.3) is 5.91 Å². The second-order valence-electron chi connectivity index (χ2n) is 7.27. The molecule has 6 heteroatoms. The molecule has 0 unspecified atom stereocenters. The molecule has 0 radical (unpaired) electrons. The largest absolute Gasteiger partial charge is 0.378 e. The van der Waals surface area contributed by atoms with Crippen molar-refractivity contribution in [3.8, 4) is 11.1 Å². The molecule has 4 rings (SSSR count). The third kappa shape index (κ3) is 5.05. The zero-order valence-corrected chi connectivity index (χ0v) is 17.4. The molecule has 0 fully saturated rings. The van der Waals surface area contributed by atoms with Crippen molar-refractivity contribution >= 4 is 28.8 Å². The molecule has 2 aromatic heterocycles. The molecule has 0 aliphatic carbocycles. The first kappa shape index (κ1) is 20.1. The average Bonchev–Trinajstić information content (AvgIpc) is 2.80. The van der Waals surface area contributed by atoms with E-state index >= 15 is 0 Å². The van der Waals surface area contributed by atoms with Gasteiger partial charge < -0.3 is 15.5 Å². The predicted octanol–water partition coefficient (Wildman–Crippen LogP) is 5.21. The fourth-order valence-corrected chi connectivity index (χ4v) is 3.13. The summed E-state index contributed by atoms with van der Waals surface area (Å²) in [5, 5.41) is 6.18. The van der Waals surface area contributed by atoms with Crippen molar-refractivity contribution in [3.63, 3.8) is 0 Å². The lowest BCUT2D eigenvalue weighted by atomic mass is 10.1. The predicted molar refractivity (Wildman–Crippen MR) is 126 cm³/mol. The summed E-state index contributed by atoms with van der Waals surface area (Å²) in [4.78, 5) is 22.9. The molecule has 0 aliphatic rings. The number of nitrogens with one attached hydrogen (secondary N) is 2. The van der Waals surface area contributed by atoms with Crippen LogP contribution in [0.4, 0.5) is 22.9 Å². The number of amides is 1. The van der Waals surface area contributed by atoms with Crippen molar-refractivity contribution in [1.82, 2.24) is 9.97 Å². The van der Waals surface area contributed by atoms with E-state index in [4.69, 9.17) is 0 Å². The highest BCUT2D eigenvalue weighted by Crippen LogP contribution is 2.25. The molecular weight excluding hydrogens is 386 g/mol. The Balaban J connectivity index is 1.45. The van der Waals surface area contributed by atoms with Crippen molar-refractivity contribution in [1.29, 1.82) is 0 Å². The van der Waals surface area contributed by atoms with Crippen LogP contribution in [0.15, 0.2) is 91.4 Å². The Morgan fingerprint density at radius 2 is 1.61 bits per heavy atom. The first-order valence-electron chi connectivity index (χ1n) is 9.91. The van der Waals surface area contributed by atoms with Gasteiger partial charge in [0.15, 0.2) is 0 Å². The fourth-order valence-electron chi connectivity index (χ4n) is 3.13. The fraction of sp³-hybridized carbons (Fsp3) is 0.0800. The van der Waals surface area contributed by atoms with E-state index in [1.807, 2.05) is 62.8 Å². The molecule has 0 spiro atoms. The molecule has 2 N–H and O–H groups in total.